The number of aliphatic hydroxyl groups is 1. The molecule has 90 valence electrons. The molecule has 1 aromatic rings. The van der Waals surface area contributed by atoms with E-state index in [0.29, 0.717) is 0 Å². The summed E-state index contributed by atoms with van der Waals surface area (Å²) in [5.74, 6) is 0. The first-order valence-corrected chi connectivity index (χ1v) is 6.21. The first kappa shape index (κ1) is 11.5. The lowest BCUT2D eigenvalue weighted by Gasteiger charge is -2.27. The molecule has 1 saturated carbocycles. The van der Waals surface area contributed by atoms with Gasteiger partial charge in [-0.3, -0.25) is 9.89 Å². The molecular formula is C12H20N2O2. The standard InChI is InChI=1S/C12H20N2O2/c1-2-5-9-8-12(16)14(13-9)10-6-3-4-7-11(10)15/h8,10-11,13,15H,2-7H2,1H3. The predicted molar refractivity (Wildman–Crippen MR) is 62.6 cm³/mol. The van der Waals surface area contributed by atoms with Gasteiger partial charge in [-0.2, -0.15) is 0 Å². The molecule has 1 aliphatic rings. The Morgan fingerprint density at radius 1 is 1.50 bits per heavy atom. The van der Waals surface area contributed by atoms with Gasteiger partial charge in [0.25, 0.3) is 5.56 Å². The maximum absolute atomic E-state index is 11.8. The number of aromatic amines is 1. The van der Waals surface area contributed by atoms with Crippen LogP contribution in [0.1, 0.15) is 50.8 Å². The first-order valence-electron chi connectivity index (χ1n) is 6.21. The zero-order valence-corrected chi connectivity index (χ0v) is 9.78. The molecule has 2 rings (SSSR count). The van der Waals surface area contributed by atoms with Crippen LogP contribution in [-0.4, -0.2) is 21.0 Å². The van der Waals surface area contributed by atoms with Gasteiger partial charge in [-0.05, 0) is 19.3 Å². The van der Waals surface area contributed by atoms with Crippen LogP contribution in [-0.2, 0) is 6.42 Å². The quantitative estimate of drug-likeness (QED) is 0.819. The minimum absolute atomic E-state index is 0.00519. The molecule has 2 unspecified atom stereocenters. The predicted octanol–water partition coefficient (Wildman–Crippen LogP) is 1.60. The summed E-state index contributed by atoms with van der Waals surface area (Å²) in [7, 11) is 0. The van der Waals surface area contributed by atoms with Crippen LogP contribution < -0.4 is 5.56 Å². The fraction of sp³-hybridized carbons (Fsp3) is 0.750. The minimum atomic E-state index is -0.375. The van der Waals surface area contributed by atoms with Gasteiger partial charge in [-0.15, -0.1) is 0 Å². The molecule has 0 spiro atoms. The molecule has 1 aromatic heterocycles. The van der Waals surface area contributed by atoms with Crippen molar-refractivity contribution < 1.29 is 5.11 Å². The third kappa shape index (κ3) is 2.21. The summed E-state index contributed by atoms with van der Waals surface area (Å²) in [5.41, 5.74) is 0.972. The third-order valence-corrected chi connectivity index (χ3v) is 3.34. The van der Waals surface area contributed by atoms with Crippen LogP contribution in [0.5, 0.6) is 0 Å². The molecule has 16 heavy (non-hydrogen) atoms. The van der Waals surface area contributed by atoms with Crippen LogP contribution >= 0.6 is 0 Å². The van der Waals surface area contributed by atoms with Gasteiger partial charge in [0.15, 0.2) is 0 Å². The number of rotatable bonds is 3. The first-order chi connectivity index (χ1) is 7.72. The van der Waals surface area contributed by atoms with Crippen molar-refractivity contribution in [1.29, 1.82) is 0 Å². The van der Waals surface area contributed by atoms with Crippen molar-refractivity contribution in [2.45, 2.75) is 57.6 Å². The Morgan fingerprint density at radius 3 is 2.94 bits per heavy atom. The largest absolute Gasteiger partial charge is 0.391 e. The summed E-state index contributed by atoms with van der Waals surface area (Å²) >= 11 is 0. The van der Waals surface area contributed by atoms with Crippen LogP contribution in [0.2, 0.25) is 0 Å². The molecule has 0 amide bonds. The van der Waals surface area contributed by atoms with Crippen molar-refractivity contribution in [2.75, 3.05) is 0 Å². The van der Waals surface area contributed by atoms with Crippen molar-refractivity contribution >= 4 is 0 Å². The molecule has 0 saturated heterocycles. The molecule has 4 heteroatoms. The average molecular weight is 224 g/mol. The topological polar surface area (TPSA) is 58.0 Å². The lowest BCUT2D eigenvalue weighted by molar-refractivity contribution is 0.0676. The van der Waals surface area contributed by atoms with Gasteiger partial charge in [0.1, 0.15) is 0 Å². The molecule has 0 aromatic carbocycles. The molecule has 1 heterocycles. The highest BCUT2D eigenvalue weighted by molar-refractivity contribution is 5.01. The summed E-state index contributed by atoms with van der Waals surface area (Å²) in [4.78, 5) is 11.8. The lowest BCUT2D eigenvalue weighted by atomic mass is 9.93. The SMILES string of the molecule is CCCc1cc(=O)n(C2CCCCC2O)[nH]1. The molecule has 0 aliphatic heterocycles. The molecule has 1 aliphatic carbocycles. The number of aliphatic hydroxyl groups excluding tert-OH is 1. The number of aryl methyl sites for hydroxylation is 1. The minimum Gasteiger partial charge on any atom is -0.391 e. The van der Waals surface area contributed by atoms with Crippen LogP contribution in [0, 0.1) is 0 Å². The summed E-state index contributed by atoms with van der Waals surface area (Å²) in [6, 6.07) is 1.61. The maximum atomic E-state index is 11.8. The van der Waals surface area contributed by atoms with Crippen molar-refractivity contribution in [2.24, 2.45) is 0 Å². The second-order valence-corrected chi connectivity index (χ2v) is 4.66. The number of aromatic nitrogens is 2. The lowest BCUT2D eigenvalue weighted by Crippen LogP contribution is -2.33. The Labute approximate surface area is 95.3 Å². The maximum Gasteiger partial charge on any atom is 0.267 e. The van der Waals surface area contributed by atoms with E-state index >= 15 is 0 Å². The molecular weight excluding hydrogens is 204 g/mol. The number of nitrogens with zero attached hydrogens (tertiary/aromatic N) is 1. The van der Waals surface area contributed by atoms with Gasteiger partial charge in [0.2, 0.25) is 0 Å². The number of hydrogen-bond donors (Lipinski definition) is 2. The molecule has 0 radical (unpaired) electrons. The summed E-state index contributed by atoms with van der Waals surface area (Å²) in [6.07, 6.45) is 5.40. The highest BCUT2D eigenvalue weighted by Gasteiger charge is 2.26. The van der Waals surface area contributed by atoms with Gasteiger partial charge in [0, 0.05) is 11.8 Å². The van der Waals surface area contributed by atoms with E-state index in [1.54, 1.807) is 10.7 Å². The van der Waals surface area contributed by atoms with Crippen LogP contribution in [0.3, 0.4) is 0 Å². The van der Waals surface area contributed by atoms with Gasteiger partial charge in [-0.25, -0.2) is 4.68 Å². The fourth-order valence-corrected chi connectivity index (χ4v) is 2.50. The van der Waals surface area contributed by atoms with E-state index in [1.807, 2.05) is 0 Å². The molecule has 4 nitrogen and oxygen atoms in total. The second kappa shape index (κ2) is 4.87. The molecule has 1 fully saturated rings. The Morgan fingerprint density at radius 2 is 2.25 bits per heavy atom. The van der Waals surface area contributed by atoms with Gasteiger partial charge >= 0.3 is 0 Å². The zero-order valence-electron chi connectivity index (χ0n) is 9.78. The molecule has 2 atom stereocenters. The highest BCUT2D eigenvalue weighted by atomic mass is 16.3. The number of H-pyrrole nitrogens is 1. The second-order valence-electron chi connectivity index (χ2n) is 4.66. The monoisotopic (exact) mass is 224 g/mol. The van der Waals surface area contributed by atoms with E-state index in [0.717, 1.165) is 44.2 Å². The van der Waals surface area contributed by atoms with E-state index in [2.05, 4.69) is 12.0 Å². The third-order valence-electron chi connectivity index (χ3n) is 3.34. The molecule has 0 bridgehead atoms. The van der Waals surface area contributed by atoms with E-state index in [9.17, 15) is 9.90 Å². The Bertz CT molecular complexity index is 394. The van der Waals surface area contributed by atoms with Crippen LogP contribution in [0.25, 0.3) is 0 Å². The van der Waals surface area contributed by atoms with Crippen molar-refractivity contribution in [3.63, 3.8) is 0 Å². The van der Waals surface area contributed by atoms with Crippen LogP contribution in [0.4, 0.5) is 0 Å². The molecule has 2 N–H and O–H groups in total. The smallest absolute Gasteiger partial charge is 0.267 e. The zero-order chi connectivity index (χ0) is 11.5. The van der Waals surface area contributed by atoms with Crippen molar-refractivity contribution in [1.82, 2.24) is 9.78 Å². The van der Waals surface area contributed by atoms with Gasteiger partial charge < -0.3 is 5.11 Å². The van der Waals surface area contributed by atoms with Gasteiger partial charge in [-0.1, -0.05) is 26.2 Å². The van der Waals surface area contributed by atoms with Crippen molar-refractivity contribution in [3.05, 3.63) is 22.1 Å². The summed E-state index contributed by atoms with van der Waals surface area (Å²) < 4.78 is 1.62. The van der Waals surface area contributed by atoms with E-state index < -0.39 is 0 Å². The fourth-order valence-electron chi connectivity index (χ4n) is 2.50. The Balaban J connectivity index is 2.21. The highest BCUT2D eigenvalue weighted by Crippen LogP contribution is 2.27. The summed E-state index contributed by atoms with van der Waals surface area (Å²) in [5, 5.41) is 13.0. The normalized spacial score (nSPS) is 25.9. The average Bonchev–Trinajstić information content (AvgIpc) is 2.61. The van der Waals surface area contributed by atoms with Crippen LogP contribution in [0.15, 0.2) is 10.9 Å². The summed E-state index contributed by atoms with van der Waals surface area (Å²) in [6.45, 7) is 2.09. The number of hydrogen-bond acceptors (Lipinski definition) is 2. The van der Waals surface area contributed by atoms with E-state index in [-0.39, 0.29) is 17.7 Å². The number of nitrogens with one attached hydrogen (secondary N) is 1. The Hall–Kier alpha value is -1.03. The van der Waals surface area contributed by atoms with Crippen molar-refractivity contribution in [3.8, 4) is 0 Å². The van der Waals surface area contributed by atoms with E-state index in [4.69, 9.17) is 0 Å². The van der Waals surface area contributed by atoms with Gasteiger partial charge in [0.05, 0.1) is 12.1 Å². The van der Waals surface area contributed by atoms with E-state index in [1.165, 1.54) is 0 Å². The Kier molecular flexibility index (Phi) is 3.49.